The predicted molar refractivity (Wildman–Crippen MR) is 151 cm³/mol. The van der Waals surface area contributed by atoms with Gasteiger partial charge in [0.2, 0.25) is 18.5 Å². The Morgan fingerprint density at radius 2 is 1.89 bits per heavy atom. The van der Waals surface area contributed by atoms with Gasteiger partial charge in [-0.3, -0.25) is 9.79 Å². The number of nitrogens with zero attached hydrogens (tertiary/aromatic N) is 1. The highest BCUT2D eigenvalue weighted by molar-refractivity contribution is 5.96. The molecule has 7 atom stereocenters. The van der Waals surface area contributed by atoms with E-state index in [0.29, 0.717) is 22.9 Å². The number of carbonyl (C=O) groups is 2. The lowest BCUT2D eigenvalue weighted by Gasteiger charge is -2.41. The van der Waals surface area contributed by atoms with Crippen molar-refractivity contribution < 1.29 is 63.7 Å². The molecule has 6 N–H and O–H groups in total. The van der Waals surface area contributed by atoms with Gasteiger partial charge in [0.15, 0.2) is 11.6 Å². The van der Waals surface area contributed by atoms with E-state index in [9.17, 15) is 34.8 Å². The van der Waals surface area contributed by atoms with E-state index in [0.717, 1.165) is 5.57 Å². The van der Waals surface area contributed by atoms with Crippen molar-refractivity contribution in [2.75, 3.05) is 13.2 Å². The maximum atomic E-state index is 13.2. The number of carboxylic acids is 1. The van der Waals surface area contributed by atoms with Gasteiger partial charge in [0.05, 0.1) is 10.9 Å². The van der Waals surface area contributed by atoms with Crippen molar-refractivity contribution in [2.24, 2.45) is 4.99 Å². The lowest BCUT2D eigenvalue weighted by molar-refractivity contribution is -1.05. The number of esters is 1. The molecule has 15 nitrogen and oxygen atoms in total. The van der Waals surface area contributed by atoms with Crippen molar-refractivity contribution in [3.63, 3.8) is 0 Å². The highest BCUT2D eigenvalue weighted by Gasteiger charge is 2.50. The first-order valence-corrected chi connectivity index (χ1v) is 13.7. The second kappa shape index (κ2) is 12.2. The van der Waals surface area contributed by atoms with Gasteiger partial charge >= 0.3 is 11.9 Å². The number of carbonyl (C=O) groups excluding carboxylic acids is 1. The van der Waals surface area contributed by atoms with Crippen LogP contribution in [0.25, 0.3) is 22.1 Å². The van der Waals surface area contributed by atoms with Gasteiger partial charge in [-0.15, -0.1) is 0 Å². The Bertz CT molecular complexity index is 1780. The smallest absolute Gasteiger partial charge is 0.346 e. The standard InChI is InChI=1S/C30H26N2O13/c33-16-3-1-14(2-4-16)19-12-41-21-9-17(5-6-18(21)23(19)34)43-30-27(45-32-10-15-7-8-31-20(15)11-32)25(36)24(35)22(44-30)13-42-29(40)26(37)28(38)39/h1-9,11-12,22,24-27,30,33,35-37H,10,13H2,(H,38,39)/p+1. The van der Waals surface area contributed by atoms with Crippen molar-refractivity contribution in [3.8, 4) is 22.6 Å². The number of aliphatic hydroxyl groups excluding tert-OH is 3. The first-order valence-electron chi connectivity index (χ1n) is 13.7. The summed E-state index contributed by atoms with van der Waals surface area (Å²) in [6.45, 7) is -0.372. The second-order valence-electron chi connectivity index (χ2n) is 10.4. The molecule has 45 heavy (non-hydrogen) atoms. The van der Waals surface area contributed by atoms with Crippen LogP contribution in [0.3, 0.4) is 0 Å². The van der Waals surface area contributed by atoms with Crippen molar-refractivity contribution in [1.82, 2.24) is 0 Å². The summed E-state index contributed by atoms with van der Waals surface area (Å²) in [7, 11) is 0. The third kappa shape index (κ3) is 6.08. The number of rotatable bonds is 9. The fourth-order valence-electron chi connectivity index (χ4n) is 5.06. The number of nitrogens with one attached hydrogen (secondary N) is 1. The van der Waals surface area contributed by atoms with Crippen LogP contribution in [0.5, 0.6) is 11.5 Å². The van der Waals surface area contributed by atoms with Crippen molar-refractivity contribution in [1.29, 1.82) is 0 Å². The van der Waals surface area contributed by atoms with Gasteiger partial charge in [-0.1, -0.05) is 12.1 Å². The van der Waals surface area contributed by atoms with Crippen LogP contribution in [-0.4, -0.2) is 93.6 Å². The number of aliphatic carboxylic acids is 1. The maximum Gasteiger partial charge on any atom is 0.346 e. The van der Waals surface area contributed by atoms with Crippen LogP contribution in [0, 0.1) is 0 Å². The number of hydroxylamine groups is 2. The number of phenols is 1. The van der Waals surface area contributed by atoms with E-state index in [2.05, 4.69) is 4.99 Å². The number of phenolic OH excluding ortho intramolecular Hbond substituents is 1. The number of allylic oxidation sites excluding steroid dienone is 1. The first-order chi connectivity index (χ1) is 21.6. The Balaban J connectivity index is 1.25. The molecular weight excluding hydrogens is 596 g/mol. The molecule has 6 rings (SSSR count). The number of aliphatic hydroxyl groups is 3. The maximum absolute atomic E-state index is 13.2. The van der Waals surface area contributed by atoms with E-state index in [1.165, 1.54) is 36.6 Å². The summed E-state index contributed by atoms with van der Waals surface area (Å²) in [4.78, 5) is 46.2. The summed E-state index contributed by atoms with van der Waals surface area (Å²) in [6, 6.07) is 10.4. The molecule has 0 radical (unpaired) electrons. The highest BCUT2D eigenvalue weighted by atomic mass is 16.8. The first kappa shape index (κ1) is 30.1. The zero-order valence-corrected chi connectivity index (χ0v) is 23.2. The van der Waals surface area contributed by atoms with Gasteiger partial charge in [-0.05, 0) is 35.9 Å². The van der Waals surface area contributed by atoms with Gasteiger partial charge in [0, 0.05) is 17.9 Å². The third-order valence-corrected chi connectivity index (χ3v) is 7.44. The molecule has 1 saturated heterocycles. The Morgan fingerprint density at radius 1 is 1.11 bits per heavy atom. The van der Waals surface area contributed by atoms with Gasteiger partial charge in [-0.2, -0.15) is 9.90 Å². The Labute approximate surface area is 253 Å². The number of benzene rings is 2. The molecule has 0 spiro atoms. The lowest BCUT2D eigenvalue weighted by Crippen LogP contribution is -3.07. The number of fused-ring (bicyclic) bond motifs is 2. The van der Waals surface area contributed by atoms with Gasteiger partial charge < -0.3 is 44.2 Å². The molecule has 15 heteroatoms. The average molecular weight is 624 g/mol. The number of aliphatic imine (C=N–C) groups is 1. The molecule has 0 saturated carbocycles. The highest BCUT2D eigenvalue weighted by Crippen LogP contribution is 2.29. The molecule has 3 aromatic rings. The molecule has 2 aromatic carbocycles. The van der Waals surface area contributed by atoms with E-state index < -0.39 is 55.4 Å². The topological polar surface area (TPSA) is 219 Å². The largest absolute Gasteiger partial charge is 0.508 e. The Morgan fingerprint density at radius 3 is 2.62 bits per heavy atom. The van der Waals surface area contributed by atoms with Gasteiger partial charge in [-0.25, -0.2) is 9.59 Å². The van der Waals surface area contributed by atoms with Crippen LogP contribution in [0.4, 0.5) is 0 Å². The minimum Gasteiger partial charge on any atom is -0.508 e. The molecule has 1 aromatic heterocycles. The van der Waals surface area contributed by atoms with Crippen LogP contribution in [0.1, 0.15) is 0 Å². The normalized spacial score (nSPS) is 26.2. The predicted octanol–water partition coefficient (Wildman–Crippen LogP) is -0.969. The SMILES string of the molecule is O=C(O)C(O)C(=O)OCC1OC(Oc2ccc3c(=O)c(-c4ccc(O)cc4)coc3c2)C(O[NH+]2C=C3N=CC=C3C2)C(O)C1O. The number of ether oxygens (including phenoxy) is 3. The fourth-order valence-corrected chi connectivity index (χ4v) is 5.06. The van der Waals surface area contributed by atoms with E-state index >= 15 is 0 Å². The van der Waals surface area contributed by atoms with Crippen LogP contribution >= 0.6 is 0 Å². The van der Waals surface area contributed by atoms with Crippen molar-refractivity contribution >= 4 is 29.1 Å². The second-order valence-corrected chi connectivity index (χ2v) is 10.4. The molecule has 3 aliphatic heterocycles. The van der Waals surface area contributed by atoms with Crippen LogP contribution in [0.2, 0.25) is 0 Å². The molecule has 0 bridgehead atoms. The van der Waals surface area contributed by atoms with E-state index in [1.807, 2.05) is 6.08 Å². The quantitative estimate of drug-likeness (QED) is 0.125. The minimum absolute atomic E-state index is 0.0465. The van der Waals surface area contributed by atoms with Gasteiger partial charge in [0.1, 0.15) is 60.5 Å². The summed E-state index contributed by atoms with van der Waals surface area (Å²) in [5.74, 6) is -3.15. The van der Waals surface area contributed by atoms with Crippen LogP contribution in [-0.2, 0) is 23.9 Å². The fraction of sp³-hybridized carbons (Fsp3) is 0.267. The number of quaternary nitrogens is 1. The summed E-state index contributed by atoms with van der Waals surface area (Å²) in [5, 5.41) is 50.3. The van der Waals surface area contributed by atoms with E-state index in [1.54, 1.807) is 24.5 Å². The molecule has 234 valence electrons. The molecule has 7 unspecified atom stereocenters. The number of hydrogen-bond donors (Lipinski definition) is 6. The van der Waals surface area contributed by atoms with Crippen molar-refractivity contribution in [2.45, 2.75) is 36.8 Å². The molecule has 1 fully saturated rings. The lowest BCUT2D eigenvalue weighted by atomic mass is 9.99. The number of aromatic hydroxyl groups is 1. The van der Waals surface area contributed by atoms with Crippen LogP contribution in [0.15, 0.2) is 86.5 Å². The minimum atomic E-state index is -2.45. The zero-order chi connectivity index (χ0) is 31.8. The number of carboxylic acid groups (broad SMARTS) is 1. The van der Waals surface area contributed by atoms with Crippen LogP contribution < -0.4 is 15.2 Å². The number of hydrogen-bond acceptors (Lipinski definition) is 13. The van der Waals surface area contributed by atoms with Crippen molar-refractivity contribution in [3.05, 3.63) is 82.5 Å². The zero-order valence-electron chi connectivity index (χ0n) is 23.2. The average Bonchev–Trinajstić information content (AvgIpc) is 3.62. The summed E-state index contributed by atoms with van der Waals surface area (Å²) in [5.41, 5.74) is 2.23. The molecular formula is C30H27N2O13+. The molecule has 0 amide bonds. The molecule has 3 aliphatic rings. The van der Waals surface area contributed by atoms with E-state index in [4.69, 9.17) is 28.6 Å². The molecule has 4 heterocycles. The third-order valence-electron chi connectivity index (χ3n) is 7.44. The summed E-state index contributed by atoms with van der Waals surface area (Å²) in [6.07, 6.45) is -3.54. The Kier molecular flexibility index (Phi) is 8.20. The molecule has 0 aliphatic carbocycles. The van der Waals surface area contributed by atoms with Gasteiger partial charge in [0.25, 0.3) is 0 Å². The summed E-state index contributed by atoms with van der Waals surface area (Å²) >= 11 is 0. The Hall–Kier alpha value is -4.90. The summed E-state index contributed by atoms with van der Waals surface area (Å²) < 4.78 is 22.4. The van der Waals surface area contributed by atoms with E-state index in [-0.39, 0.29) is 33.5 Å². The monoisotopic (exact) mass is 623 g/mol.